The number of benzene rings is 12. The Balaban J connectivity index is 0.000000137. The second kappa shape index (κ2) is 22.2. The molecule has 0 aliphatic heterocycles. The van der Waals surface area contributed by atoms with Crippen molar-refractivity contribution in [3.8, 4) is 101 Å². The number of fused-ring (bicyclic) bond motifs is 14. The Morgan fingerprint density at radius 2 is 0.673 bits per heavy atom. The Kier molecular flexibility index (Phi) is 12.9. The third-order valence-corrected chi connectivity index (χ3v) is 21.2. The first-order valence-electron chi connectivity index (χ1n) is 33.2. The highest BCUT2D eigenvalue weighted by molar-refractivity contribution is 7.21. The summed E-state index contributed by atoms with van der Waals surface area (Å²) in [6.45, 7) is 9.16. The summed E-state index contributed by atoms with van der Waals surface area (Å²) in [6, 6.07) is 102. The highest BCUT2D eigenvalue weighted by Crippen LogP contribution is 2.53. The van der Waals surface area contributed by atoms with Gasteiger partial charge in [-0.05, 0) is 96.1 Å². The summed E-state index contributed by atoms with van der Waals surface area (Å²) in [6.07, 6.45) is 0. The third-order valence-electron chi connectivity index (χ3n) is 20.1. The van der Waals surface area contributed by atoms with Gasteiger partial charge < -0.3 is 13.6 Å². The zero-order chi connectivity index (χ0) is 65.4. The van der Waals surface area contributed by atoms with Gasteiger partial charge in [-0.3, -0.25) is 0 Å². The molecule has 0 N–H and O–H groups in total. The number of thiazole rings is 1. The fraction of sp³-hybridized carbons (Fsp3) is 0.0682. The lowest BCUT2D eigenvalue weighted by atomic mass is 9.81. The molecule has 464 valence electrons. The largest absolute Gasteiger partial charge is 0.436 e. The summed E-state index contributed by atoms with van der Waals surface area (Å²) >= 11 is 1.72. The molecule has 12 aromatic carbocycles. The van der Waals surface area contributed by atoms with Crippen LogP contribution < -0.4 is 0 Å². The van der Waals surface area contributed by atoms with Gasteiger partial charge in [-0.2, -0.15) is 0 Å². The summed E-state index contributed by atoms with van der Waals surface area (Å²) in [5.41, 5.74) is 26.4. The van der Waals surface area contributed by atoms with E-state index in [0.717, 1.165) is 106 Å². The number of aromatic nitrogens is 8. The smallest absolute Gasteiger partial charge is 0.227 e. The summed E-state index contributed by atoms with van der Waals surface area (Å²) in [5, 5.41) is 6.04. The number of para-hydroxylation sites is 7. The molecule has 0 spiro atoms. The van der Waals surface area contributed by atoms with Crippen molar-refractivity contribution in [2.75, 3.05) is 0 Å². The van der Waals surface area contributed by atoms with Crippen LogP contribution in [0.4, 0.5) is 0 Å². The van der Waals surface area contributed by atoms with Gasteiger partial charge in [0.25, 0.3) is 0 Å². The molecule has 18 aromatic rings. The van der Waals surface area contributed by atoms with E-state index >= 15 is 0 Å². The number of hydrogen-bond acceptors (Lipinski definition) is 8. The van der Waals surface area contributed by atoms with Crippen LogP contribution in [0.5, 0.6) is 0 Å². The van der Waals surface area contributed by atoms with Crippen LogP contribution in [0.25, 0.3) is 166 Å². The van der Waals surface area contributed by atoms with Crippen LogP contribution in [-0.2, 0) is 10.8 Å². The molecule has 0 radical (unpaired) electrons. The van der Waals surface area contributed by atoms with Gasteiger partial charge >= 0.3 is 0 Å². The van der Waals surface area contributed by atoms with Crippen molar-refractivity contribution < 1.29 is 4.42 Å². The fourth-order valence-corrected chi connectivity index (χ4v) is 16.3. The first kappa shape index (κ1) is 57.2. The maximum absolute atomic E-state index is 6.04. The maximum atomic E-state index is 6.04. The van der Waals surface area contributed by atoms with Crippen LogP contribution in [0, 0.1) is 0 Å². The first-order valence-corrected chi connectivity index (χ1v) is 34.1. The van der Waals surface area contributed by atoms with Gasteiger partial charge in [-0.15, -0.1) is 11.3 Å². The van der Waals surface area contributed by atoms with Crippen LogP contribution in [0.3, 0.4) is 0 Å². The van der Waals surface area contributed by atoms with Crippen molar-refractivity contribution in [1.82, 2.24) is 39.0 Å². The minimum absolute atomic E-state index is 0.248. The number of rotatable bonds is 8. The van der Waals surface area contributed by atoms with Gasteiger partial charge in [0.2, 0.25) is 5.89 Å². The van der Waals surface area contributed by atoms with E-state index in [1.54, 1.807) is 11.3 Å². The van der Waals surface area contributed by atoms with E-state index in [4.69, 9.17) is 29.3 Å². The molecule has 0 bridgehead atoms. The van der Waals surface area contributed by atoms with Gasteiger partial charge in [0.15, 0.2) is 17.2 Å². The van der Waals surface area contributed by atoms with E-state index in [-0.39, 0.29) is 10.8 Å². The molecule has 10 heteroatoms. The predicted molar refractivity (Wildman–Crippen MR) is 401 cm³/mol. The van der Waals surface area contributed by atoms with Crippen LogP contribution in [0.1, 0.15) is 49.9 Å². The van der Waals surface area contributed by atoms with Gasteiger partial charge in [0.1, 0.15) is 10.5 Å². The fourth-order valence-electron chi connectivity index (χ4n) is 15.4. The van der Waals surface area contributed by atoms with Gasteiger partial charge in [-0.25, -0.2) is 29.9 Å². The quantitative estimate of drug-likeness (QED) is 0.149. The molecule has 0 saturated carbocycles. The molecule has 0 atom stereocenters. The Morgan fingerprint density at radius 3 is 1.13 bits per heavy atom. The zero-order valence-corrected chi connectivity index (χ0v) is 54.9. The molecule has 20 rings (SSSR count). The number of hydrogen-bond donors (Lipinski definition) is 0. The maximum Gasteiger partial charge on any atom is 0.227 e. The molecule has 98 heavy (non-hydrogen) atoms. The average Bonchev–Trinajstić information content (AvgIpc) is 1.57. The Bertz CT molecular complexity index is 5680. The van der Waals surface area contributed by atoms with Crippen molar-refractivity contribution in [2.24, 2.45) is 0 Å². The van der Waals surface area contributed by atoms with Crippen LogP contribution in [0.15, 0.2) is 296 Å². The average molecular weight is 1280 g/mol. The van der Waals surface area contributed by atoms with Crippen LogP contribution in [-0.4, -0.2) is 39.0 Å². The molecule has 2 aliphatic carbocycles. The SMILES string of the molecule is CC1(C)c2ccccc2-c2nc(-c3ccc(-c4nc5ccccc5o4)cc3)nc(-c3ccc(-n4c5ccccc5c5ccccc54)cc3)c21.CC1(C)c2ccccc2-c2nc(-c3ccc(-c4nc5ccccc5s4)cc3)nc(-c3ccc(-n4c5ccccc5c5ccccc54)cc3)c21. The molecule has 2 aliphatic rings. The van der Waals surface area contributed by atoms with E-state index in [0.29, 0.717) is 11.7 Å². The lowest BCUT2D eigenvalue weighted by Crippen LogP contribution is -2.17. The minimum atomic E-state index is -0.262. The van der Waals surface area contributed by atoms with Crippen molar-refractivity contribution in [1.29, 1.82) is 0 Å². The molecular weight excluding hydrogens is 1220 g/mol. The van der Waals surface area contributed by atoms with E-state index < -0.39 is 0 Å². The zero-order valence-electron chi connectivity index (χ0n) is 54.1. The minimum Gasteiger partial charge on any atom is -0.436 e. The van der Waals surface area contributed by atoms with Crippen LogP contribution >= 0.6 is 11.3 Å². The number of oxazole rings is 1. The Labute approximate surface area is 569 Å². The highest BCUT2D eigenvalue weighted by atomic mass is 32.1. The second-order valence-corrected chi connectivity index (χ2v) is 27.6. The molecule has 0 fully saturated rings. The van der Waals surface area contributed by atoms with Crippen molar-refractivity contribution in [3.05, 3.63) is 313 Å². The number of nitrogens with zero attached hydrogens (tertiary/aromatic N) is 8. The normalized spacial score (nSPS) is 13.3. The van der Waals surface area contributed by atoms with E-state index in [9.17, 15) is 0 Å². The van der Waals surface area contributed by atoms with Crippen LogP contribution in [0.2, 0.25) is 0 Å². The van der Waals surface area contributed by atoms with Crippen molar-refractivity contribution >= 4 is 76.3 Å². The Hall–Kier alpha value is -12.2. The molecular formula is C88H60N8OS. The van der Waals surface area contributed by atoms with E-state index in [1.165, 1.54) is 70.6 Å². The lowest BCUT2D eigenvalue weighted by Gasteiger charge is -2.24. The molecule has 6 heterocycles. The van der Waals surface area contributed by atoms with Crippen molar-refractivity contribution in [2.45, 2.75) is 38.5 Å². The summed E-state index contributed by atoms with van der Waals surface area (Å²) in [5.74, 6) is 2.02. The monoisotopic (exact) mass is 1280 g/mol. The molecule has 0 saturated heterocycles. The van der Waals surface area contributed by atoms with E-state index in [2.05, 4.69) is 291 Å². The topological polar surface area (TPSA) is 100 Å². The van der Waals surface area contributed by atoms with Gasteiger partial charge in [0.05, 0.1) is 55.1 Å². The molecule has 0 amide bonds. The van der Waals surface area contributed by atoms with Gasteiger partial charge in [0, 0.05) is 99.4 Å². The molecule has 0 unspecified atom stereocenters. The molecule has 9 nitrogen and oxygen atoms in total. The summed E-state index contributed by atoms with van der Waals surface area (Å²) in [7, 11) is 0. The van der Waals surface area contributed by atoms with Gasteiger partial charge in [-0.1, -0.05) is 234 Å². The summed E-state index contributed by atoms with van der Waals surface area (Å²) < 4.78 is 11.9. The summed E-state index contributed by atoms with van der Waals surface area (Å²) in [4.78, 5) is 30.8. The highest BCUT2D eigenvalue weighted by Gasteiger charge is 2.42. The third kappa shape index (κ3) is 9.05. The Morgan fingerprint density at radius 1 is 0.306 bits per heavy atom. The second-order valence-electron chi connectivity index (χ2n) is 26.5. The first-order chi connectivity index (χ1) is 48.1. The predicted octanol–water partition coefficient (Wildman–Crippen LogP) is 22.5. The van der Waals surface area contributed by atoms with Crippen molar-refractivity contribution in [3.63, 3.8) is 0 Å². The standard InChI is InChI=1S/C44H30N4O.C44H30N4S/c2*1-44(2)34-14-6-3-13-33(34)41-39(44)40(46-42(47-41)28-19-21-29(22-20-28)43-45-35-15-7-10-18-38(35)49-43)27-23-25-30(26-24-27)48-36-16-8-4-11-31(36)32-12-5-9-17-37(32)48/h2*3-26H,1-2H3. The lowest BCUT2D eigenvalue weighted by molar-refractivity contribution is 0.620. The van der Waals surface area contributed by atoms with E-state index in [1.807, 2.05) is 42.5 Å². The molecule has 6 aromatic heterocycles.